The Kier molecular flexibility index (Phi) is 2.62. The van der Waals surface area contributed by atoms with Gasteiger partial charge in [0.05, 0.1) is 23.1 Å². The van der Waals surface area contributed by atoms with Crippen molar-refractivity contribution in [2.75, 3.05) is 0 Å². The summed E-state index contributed by atoms with van der Waals surface area (Å²) in [4.78, 5) is 23.1. The Morgan fingerprint density at radius 2 is 2.05 bits per heavy atom. The third kappa shape index (κ3) is 1.82. The largest absolute Gasteiger partial charge is 0.481 e. The second-order valence-electron chi connectivity index (χ2n) is 4.63. The molecule has 0 spiro atoms. The first-order chi connectivity index (χ1) is 9.00. The van der Waals surface area contributed by atoms with Gasteiger partial charge in [0.1, 0.15) is 0 Å². The van der Waals surface area contributed by atoms with E-state index in [9.17, 15) is 9.59 Å². The zero-order valence-electron chi connectivity index (χ0n) is 9.67. The van der Waals surface area contributed by atoms with E-state index in [-0.39, 0.29) is 5.78 Å². The molecule has 5 nitrogen and oxygen atoms in total. The van der Waals surface area contributed by atoms with Crippen LogP contribution in [0, 0.1) is 11.8 Å². The van der Waals surface area contributed by atoms with Crippen LogP contribution in [0.25, 0.3) is 11.0 Å². The summed E-state index contributed by atoms with van der Waals surface area (Å²) < 4.78 is 5.18. The summed E-state index contributed by atoms with van der Waals surface area (Å²) in [7, 11) is 0. The van der Waals surface area contributed by atoms with Crippen molar-refractivity contribution >= 4 is 34.3 Å². The van der Waals surface area contributed by atoms with E-state index < -0.39 is 23.8 Å². The van der Waals surface area contributed by atoms with Crippen molar-refractivity contribution < 1.29 is 19.1 Å². The van der Waals surface area contributed by atoms with E-state index in [1.165, 1.54) is 12.3 Å². The van der Waals surface area contributed by atoms with Gasteiger partial charge in [-0.2, -0.15) is 0 Å². The summed E-state index contributed by atoms with van der Waals surface area (Å²) in [6.07, 6.45) is 1.48. The average molecular weight is 280 g/mol. The number of hydrogen-bond donors (Lipinski definition) is 2. The number of nitrogens with two attached hydrogens (primary N) is 1. The van der Waals surface area contributed by atoms with Gasteiger partial charge in [-0.05, 0) is 18.2 Å². The quantitative estimate of drug-likeness (QED) is 0.837. The molecule has 98 valence electrons. The SMILES string of the molecule is NC1[C@H](C(=O)O)[C@H]1C(=O)c1cc(Cl)c2occc2c1. The van der Waals surface area contributed by atoms with Gasteiger partial charge in [-0.25, -0.2) is 0 Å². The molecule has 1 aliphatic rings. The molecule has 2 aromatic rings. The maximum absolute atomic E-state index is 12.2. The molecule has 1 aliphatic carbocycles. The molecule has 1 aromatic heterocycles. The molecule has 1 heterocycles. The van der Waals surface area contributed by atoms with Crippen molar-refractivity contribution in [1.82, 2.24) is 0 Å². The Hall–Kier alpha value is -1.85. The van der Waals surface area contributed by atoms with Crippen LogP contribution in [0.1, 0.15) is 10.4 Å². The summed E-state index contributed by atoms with van der Waals surface area (Å²) in [5.74, 6) is -2.80. The Balaban J connectivity index is 1.97. The molecule has 0 saturated heterocycles. The van der Waals surface area contributed by atoms with Gasteiger partial charge in [-0.1, -0.05) is 11.6 Å². The molecule has 1 unspecified atom stereocenters. The lowest BCUT2D eigenvalue weighted by molar-refractivity contribution is -0.138. The molecule has 3 N–H and O–H groups in total. The molecule has 3 atom stereocenters. The number of carboxylic acid groups (broad SMARTS) is 1. The lowest BCUT2D eigenvalue weighted by Gasteiger charge is -2.01. The molecule has 0 aliphatic heterocycles. The van der Waals surface area contributed by atoms with Crippen LogP contribution < -0.4 is 5.73 Å². The second kappa shape index (κ2) is 4.08. The molecular weight excluding hydrogens is 270 g/mol. The third-order valence-corrected chi connectivity index (χ3v) is 3.73. The van der Waals surface area contributed by atoms with Gasteiger partial charge in [0.2, 0.25) is 0 Å². The van der Waals surface area contributed by atoms with Gasteiger partial charge in [0, 0.05) is 17.0 Å². The first-order valence-corrected chi connectivity index (χ1v) is 6.08. The molecule has 0 amide bonds. The molecule has 6 heteroatoms. The van der Waals surface area contributed by atoms with Gasteiger partial charge in [-0.15, -0.1) is 0 Å². The average Bonchev–Trinajstić information content (AvgIpc) is 2.82. The number of furan rings is 1. The van der Waals surface area contributed by atoms with E-state index in [0.717, 1.165) is 0 Å². The van der Waals surface area contributed by atoms with Crippen molar-refractivity contribution in [3.05, 3.63) is 35.0 Å². The van der Waals surface area contributed by atoms with E-state index in [1.54, 1.807) is 12.1 Å². The topological polar surface area (TPSA) is 93.5 Å². The normalized spacial score (nSPS) is 25.5. The van der Waals surface area contributed by atoms with Gasteiger partial charge in [0.25, 0.3) is 0 Å². The van der Waals surface area contributed by atoms with Gasteiger partial charge in [0.15, 0.2) is 11.4 Å². The highest BCUT2D eigenvalue weighted by atomic mass is 35.5. The van der Waals surface area contributed by atoms with Crippen LogP contribution in [-0.2, 0) is 4.79 Å². The van der Waals surface area contributed by atoms with Crippen LogP contribution >= 0.6 is 11.6 Å². The van der Waals surface area contributed by atoms with Crippen molar-refractivity contribution in [3.63, 3.8) is 0 Å². The molecule has 1 saturated carbocycles. The van der Waals surface area contributed by atoms with Crippen LogP contribution in [0.3, 0.4) is 0 Å². The highest BCUT2D eigenvalue weighted by Crippen LogP contribution is 2.41. The van der Waals surface area contributed by atoms with Crippen LogP contribution in [0.2, 0.25) is 5.02 Å². The van der Waals surface area contributed by atoms with Crippen LogP contribution in [0.4, 0.5) is 0 Å². The molecule has 3 rings (SSSR count). The molecule has 19 heavy (non-hydrogen) atoms. The number of fused-ring (bicyclic) bond motifs is 1. The standard InChI is InChI=1S/C13H10ClNO4/c14-7-4-6(3-5-1-2-19-12(5)7)11(16)8-9(10(8)15)13(17)18/h1-4,8-10H,15H2,(H,17,18)/t8-,9-,10?/m1/s1. The number of carboxylic acids is 1. The van der Waals surface area contributed by atoms with Crippen molar-refractivity contribution in [3.8, 4) is 0 Å². The van der Waals surface area contributed by atoms with E-state index in [2.05, 4.69) is 0 Å². The van der Waals surface area contributed by atoms with Crippen molar-refractivity contribution in [1.29, 1.82) is 0 Å². The van der Waals surface area contributed by atoms with Gasteiger partial charge in [-0.3, -0.25) is 9.59 Å². The van der Waals surface area contributed by atoms with E-state index in [0.29, 0.717) is 21.6 Å². The first-order valence-electron chi connectivity index (χ1n) is 5.70. The monoisotopic (exact) mass is 279 g/mol. The molecular formula is C13H10ClNO4. The van der Waals surface area contributed by atoms with Crippen LogP contribution in [0.5, 0.6) is 0 Å². The highest BCUT2D eigenvalue weighted by molar-refractivity contribution is 6.35. The minimum Gasteiger partial charge on any atom is -0.481 e. The summed E-state index contributed by atoms with van der Waals surface area (Å²) >= 11 is 6.01. The number of carbonyl (C=O) groups excluding carboxylic acids is 1. The van der Waals surface area contributed by atoms with Crippen molar-refractivity contribution in [2.24, 2.45) is 17.6 Å². The Morgan fingerprint density at radius 1 is 1.32 bits per heavy atom. The summed E-state index contributed by atoms with van der Waals surface area (Å²) in [5, 5.41) is 9.94. The molecule has 1 aromatic carbocycles. The zero-order valence-corrected chi connectivity index (χ0v) is 10.4. The number of aliphatic carboxylic acids is 1. The summed E-state index contributed by atoms with van der Waals surface area (Å²) in [6.45, 7) is 0. The summed E-state index contributed by atoms with van der Waals surface area (Å²) in [6, 6.07) is 4.19. The van der Waals surface area contributed by atoms with Gasteiger partial charge < -0.3 is 15.3 Å². The maximum atomic E-state index is 12.2. The fraction of sp³-hybridized carbons (Fsp3) is 0.231. The number of benzene rings is 1. The van der Waals surface area contributed by atoms with E-state index in [1.807, 2.05) is 0 Å². The Morgan fingerprint density at radius 3 is 2.68 bits per heavy atom. The number of carbonyl (C=O) groups is 2. The van der Waals surface area contributed by atoms with Crippen LogP contribution in [-0.4, -0.2) is 22.9 Å². The van der Waals surface area contributed by atoms with E-state index >= 15 is 0 Å². The Bertz CT molecular complexity index is 693. The van der Waals surface area contributed by atoms with E-state index in [4.69, 9.17) is 26.9 Å². The zero-order chi connectivity index (χ0) is 13.7. The summed E-state index contributed by atoms with van der Waals surface area (Å²) in [5.41, 5.74) is 6.50. The number of ketones is 1. The molecule has 1 fully saturated rings. The predicted octanol–water partition coefficient (Wildman–Crippen LogP) is 1.93. The number of rotatable bonds is 3. The minimum absolute atomic E-state index is 0.287. The lowest BCUT2D eigenvalue weighted by Crippen LogP contribution is -2.10. The number of hydrogen-bond acceptors (Lipinski definition) is 4. The number of halogens is 1. The second-order valence-corrected chi connectivity index (χ2v) is 5.04. The molecule has 0 radical (unpaired) electrons. The third-order valence-electron chi connectivity index (χ3n) is 3.45. The van der Waals surface area contributed by atoms with Crippen molar-refractivity contribution in [2.45, 2.75) is 6.04 Å². The number of Topliss-reactive ketones (excluding diaryl/α,β-unsaturated/α-hetero) is 1. The van der Waals surface area contributed by atoms with Gasteiger partial charge >= 0.3 is 5.97 Å². The van der Waals surface area contributed by atoms with Crippen LogP contribution in [0.15, 0.2) is 28.9 Å². The lowest BCUT2D eigenvalue weighted by atomic mass is 10.0. The fourth-order valence-electron chi connectivity index (χ4n) is 2.36. The fourth-order valence-corrected chi connectivity index (χ4v) is 2.63. The first kappa shape index (κ1) is 12.2. The Labute approximate surface area is 112 Å². The smallest absolute Gasteiger partial charge is 0.308 e. The highest BCUT2D eigenvalue weighted by Gasteiger charge is 2.57. The molecule has 0 bridgehead atoms. The minimum atomic E-state index is -1.04. The predicted molar refractivity (Wildman–Crippen MR) is 68.1 cm³/mol. The maximum Gasteiger partial charge on any atom is 0.308 e.